The average molecular weight is 366 g/mol. The van der Waals surface area contributed by atoms with Gasteiger partial charge in [-0.3, -0.25) is 0 Å². The molecule has 0 aliphatic heterocycles. The Morgan fingerprint density at radius 3 is 1.05 bits per heavy atom. The Kier molecular flexibility index (Phi) is 11.5. The molecule has 0 aromatic carbocycles. The van der Waals surface area contributed by atoms with Crippen molar-refractivity contribution in [2.45, 2.75) is 37.1 Å². The summed E-state index contributed by atoms with van der Waals surface area (Å²) in [5.41, 5.74) is -11.3. The van der Waals surface area contributed by atoms with E-state index in [-0.39, 0.29) is 0 Å². The first-order valence-corrected chi connectivity index (χ1v) is 7.47. The van der Waals surface area contributed by atoms with Gasteiger partial charge in [-0.25, -0.2) is 16.8 Å². The summed E-state index contributed by atoms with van der Waals surface area (Å²) in [5.74, 6) is 0. The maximum absolute atomic E-state index is 10.7. The summed E-state index contributed by atoms with van der Waals surface area (Å²) in [5, 5.41) is 0. The zero-order chi connectivity index (χ0) is 18.1. The summed E-state index contributed by atoms with van der Waals surface area (Å²) in [4.78, 5) is 0. The van der Waals surface area contributed by atoms with E-state index in [0.29, 0.717) is 0 Å². The van der Waals surface area contributed by atoms with Gasteiger partial charge in [0.2, 0.25) is 0 Å². The molecule has 0 N–H and O–H groups in total. The van der Waals surface area contributed by atoms with Crippen LogP contribution in [0.2, 0.25) is 6.32 Å². The molecule has 21 heavy (non-hydrogen) atoms. The van der Waals surface area contributed by atoms with Gasteiger partial charge in [-0.1, -0.05) is 0 Å². The molecule has 0 aromatic rings. The molecule has 0 spiro atoms. The van der Waals surface area contributed by atoms with Gasteiger partial charge in [-0.2, -0.15) is 26.3 Å². The number of hydrogen-bond acceptors (Lipinski definition) is 6. The van der Waals surface area contributed by atoms with Gasteiger partial charge in [0.05, 0.1) is 0 Å². The first-order chi connectivity index (χ1) is 8.91. The Morgan fingerprint density at radius 1 is 0.857 bits per heavy atom. The summed E-state index contributed by atoms with van der Waals surface area (Å²) in [6.07, 6.45) is 3.23. The molecule has 0 heterocycles. The van der Waals surface area contributed by atoms with Crippen molar-refractivity contribution in [1.29, 1.82) is 0 Å². The van der Waals surface area contributed by atoms with Gasteiger partial charge in [-0.05, 0) is 0 Å². The van der Waals surface area contributed by atoms with Gasteiger partial charge in [0.1, 0.15) is 0 Å². The minimum atomic E-state index is -6.09. The fraction of sp³-hybridized carbons (Fsp3) is 1.00. The summed E-state index contributed by atoms with van der Waals surface area (Å²) >= 11 is 0. The number of alkyl halides is 6. The Bertz CT molecular complexity index is 423. The van der Waals surface area contributed by atoms with Gasteiger partial charge in [-0.15, -0.1) is 0 Å². The molecule has 0 aliphatic rings. The number of rotatable bonds is 2. The Balaban J connectivity index is -0.000000239. The van der Waals surface area contributed by atoms with E-state index in [2.05, 4.69) is 6.92 Å². The van der Waals surface area contributed by atoms with Gasteiger partial charge < -0.3 is 9.11 Å². The second-order valence-corrected chi connectivity index (χ2v) is 5.68. The molecule has 0 aromatic heterocycles. The SMILES string of the molecule is O=S(=O)([O-])C(F)(F)F.O=S(=O)([O-])C(F)(F)F.[B+2]CCCC. The van der Waals surface area contributed by atoms with Crippen LogP contribution in [0.3, 0.4) is 0 Å². The van der Waals surface area contributed by atoms with Crippen LogP contribution >= 0.6 is 0 Å². The first-order valence-electron chi connectivity index (χ1n) is 4.66. The quantitative estimate of drug-likeness (QED) is 0.316. The van der Waals surface area contributed by atoms with Crippen LogP contribution in [0, 0.1) is 0 Å². The van der Waals surface area contributed by atoms with Crippen LogP contribution in [-0.4, -0.2) is 44.8 Å². The second-order valence-electron chi connectivity index (χ2n) is 2.94. The van der Waals surface area contributed by atoms with Crippen molar-refractivity contribution >= 4 is 28.1 Å². The van der Waals surface area contributed by atoms with Crippen molar-refractivity contribution in [1.82, 2.24) is 0 Å². The molecular formula is C6H9BF6O6S2. The van der Waals surface area contributed by atoms with E-state index in [0.717, 1.165) is 6.32 Å². The molecule has 0 saturated heterocycles. The summed E-state index contributed by atoms with van der Waals surface area (Å²) in [6, 6.07) is 0. The van der Waals surface area contributed by atoms with E-state index in [1.54, 1.807) is 0 Å². The molecule has 0 aliphatic carbocycles. The van der Waals surface area contributed by atoms with Crippen LogP contribution in [0.15, 0.2) is 0 Å². The molecule has 0 amide bonds. The molecule has 0 fully saturated rings. The summed E-state index contributed by atoms with van der Waals surface area (Å²) in [7, 11) is -7.04. The fourth-order valence-corrected chi connectivity index (χ4v) is 0.204. The van der Waals surface area contributed by atoms with Gasteiger partial charge in [0.25, 0.3) is 0 Å². The number of hydrogen-bond donors (Lipinski definition) is 0. The number of unbranched alkanes of at least 4 members (excludes halogenated alkanes) is 1. The molecule has 0 saturated carbocycles. The molecule has 0 unspecified atom stereocenters. The Morgan fingerprint density at radius 2 is 1.05 bits per heavy atom. The monoisotopic (exact) mass is 366 g/mol. The molecule has 0 atom stereocenters. The van der Waals surface area contributed by atoms with Crippen molar-refractivity contribution in [3.05, 3.63) is 0 Å². The predicted molar refractivity (Wildman–Crippen MR) is 57.0 cm³/mol. The van der Waals surface area contributed by atoms with Crippen LogP contribution in [0.25, 0.3) is 0 Å². The molecule has 0 bridgehead atoms. The zero-order valence-corrected chi connectivity index (χ0v) is 11.9. The standard InChI is InChI=1S/C4H9B.2CHF3O3S/c1-2-3-4-5;2*2-1(3,4)8(5,6)7/h2-4H2,1H3;2*(H,5,6,7)/q+2;;/p-2. The van der Waals surface area contributed by atoms with E-state index in [9.17, 15) is 26.3 Å². The van der Waals surface area contributed by atoms with Crippen LogP contribution in [0.1, 0.15) is 19.8 Å². The maximum atomic E-state index is 10.7. The third-order valence-corrected chi connectivity index (χ3v) is 2.26. The topological polar surface area (TPSA) is 114 Å². The van der Waals surface area contributed by atoms with Gasteiger partial charge in [0, 0.05) is 0 Å². The molecule has 126 valence electrons. The Hall–Kier alpha value is -0.535. The third kappa shape index (κ3) is 15.7. The van der Waals surface area contributed by atoms with Crippen LogP contribution in [0.5, 0.6) is 0 Å². The van der Waals surface area contributed by atoms with Crippen LogP contribution in [-0.2, 0) is 20.2 Å². The predicted octanol–water partition coefficient (Wildman–Crippen LogP) is 1.48. The van der Waals surface area contributed by atoms with E-state index in [4.69, 9.17) is 33.8 Å². The molecule has 0 radical (unpaired) electrons. The zero-order valence-electron chi connectivity index (χ0n) is 10.2. The normalized spacial score (nSPS) is 12.7. The fourth-order valence-electron chi connectivity index (χ4n) is 0.204. The van der Waals surface area contributed by atoms with E-state index >= 15 is 0 Å². The van der Waals surface area contributed by atoms with E-state index in [1.807, 2.05) is 0 Å². The van der Waals surface area contributed by atoms with Gasteiger partial charge in [0.15, 0.2) is 20.2 Å². The van der Waals surface area contributed by atoms with E-state index < -0.39 is 31.3 Å². The number of halogens is 6. The first kappa shape index (κ1) is 25.4. The second kappa shape index (κ2) is 9.48. The molecular weight excluding hydrogens is 357 g/mol. The van der Waals surface area contributed by atoms with Crippen molar-refractivity contribution in [3.63, 3.8) is 0 Å². The third-order valence-electron chi connectivity index (χ3n) is 1.12. The van der Waals surface area contributed by atoms with Crippen LogP contribution in [0.4, 0.5) is 26.3 Å². The van der Waals surface area contributed by atoms with E-state index in [1.165, 1.54) is 12.8 Å². The van der Waals surface area contributed by atoms with Crippen molar-refractivity contribution in [2.75, 3.05) is 0 Å². The average Bonchev–Trinajstić information content (AvgIpc) is 2.13. The minimum absolute atomic E-state index is 0.844. The van der Waals surface area contributed by atoms with Gasteiger partial charge >= 0.3 is 44.9 Å². The Labute approximate surface area is 118 Å². The molecule has 15 heteroatoms. The van der Waals surface area contributed by atoms with Crippen molar-refractivity contribution in [2.24, 2.45) is 0 Å². The van der Waals surface area contributed by atoms with Crippen LogP contribution < -0.4 is 0 Å². The summed E-state index contributed by atoms with van der Waals surface area (Å²) < 4.78 is 118. The van der Waals surface area contributed by atoms with Crippen molar-refractivity contribution < 1.29 is 52.3 Å². The summed E-state index contributed by atoms with van der Waals surface area (Å²) in [6.45, 7) is 2.13. The van der Waals surface area contributed by atoms with Crippen molar-refractivity contribution in [3.8, 4) is 0 Å². The molecule has 6 nitrogen and oxygen atoms in total. The molecule has 0 rings (SSSR count).